The SMILES string of the molecule is O=C(N1CCC(O)C1)N1CC(c2ccc(C(F)(F)F)cc2)CC(c2nc(C3CC3)no2)C1. The molecule has 1 N–H and O–H groups in total. The van der Waals surface area contributed by atoms with Gasteiger partial charge in [0.1, 0.15) is 0 Å². The maximum atomic E-state index is 13.1. The molecule has 0 radical (unpaired) electrons. The Morgan fingerprint density at radius 3 is 2.34 bits per heavy atom. The molecule has 3 aliphatic rings. The molecule has 10 heteroatoms. The van der Waals surface area contributed by atoms with E-state index in [9.17, 15) is 23.1 Å². The molecule has 3 atom stereocenters. The van der Waals surface area contributed by atoms with Crippen molar-refractivity contribution in [2.24, 2.45) is 0 Å². The monoisotopic (exact) mass is 450 g/mol. The Kier molecular flexibility index (Phi) is 5.35. The lowest BCUT2D eigenvalue weighted by atomic mass is 9.84. The van der Waals surface area contributed by atoms with Crippen molar-refractivity contribution in [3.8, 4) is 0 Å². The van der Waals surface area contributed by atoms with Crippen LogP contribution < -0.4 is 0 Å². The van der Waals surface area contributed by atoms with Crippen LogP contribution in [0.5, 0.6) is 0 Å². The van der Waals surface area contributed by atoms with Crippen LogP contribution in [0.2, 0.25) is 0 Å². The van der Waals surface area contributed by atoms with E-state index in [0.717, 1.165) is 30.5 Å². The van der Waals surface area contributed by atoms with E-state index < -0.39 is 17.8 Å². The van der Waals surface area contributed by atoms with Crippen LogP contribution in [0.25, 0.3) is 0 Å². The van der Waals surface area contributed by atoms with Crippen LogP contribution in [0.15, 0.2) is 28.8 Å². The van der Waals surface area contributed by atoms with Gasteiger partial charge in [0.25, 0.3) is 0 Å². The Balaban J connectivity index is 1.39. The molecule has 0 spiro atoms. The largest absolute Gasteiger partial charge is 0.416 e. The first kappa shape index (κ1) is 21.2. The van der Waals surface area contributed by atoms with E-state index in [4.69, 9.17) is 4.52 Å². The molecular weight excluding hydrogens is 425 g/mol. The summed E-state index contributed by atoms with van der Waals surface area (Å²) in [6.07, 6.45) is -1.69. The molecule has 32 heavy (non-hydrogen) atoms. The van der Waals surface area contributed by atoms with Crippen LogP contribution in [0, 0.1) is 0 Å². The van der Waals surface area contributed by atoms with Gasteiger partial charge in [-0.3, -0.25) is 0 Å². The zero-order valence-electron chi connectivity index (χ0n) is 17.5. The zero-order chi connectivity index (χ0) is 22.5. The molecule has 1 aromatic carbocycles. The first-order valence-electron chi connectivity index (χ1n) is 11.0. The number of nitrogens with zero attached hydrogens (tertiary/aromatic N) is 4. The number of piperidine rings is 1. The fraction of sp³-hybridized carbons (Fsp3) is 0.591. The summed E-state index contributed by atoms with van der Waals surface area (Å²) in [5, 5.41) is 13.9. The Labute approximate surface area is 183 Å². The van der Waals surface area contributed by atoms with Crippen LogP contribution in [0.1, 0.15) is 66.3 Å². The van der Waals surface area contributed by atoms with E-state index in [1.54, 1.807) is 9.80 Å². The molecule has 3 unspecified atom stereocenters. The molecule has 2 aromatic rings. The first-order valence-corrected chi connectivity index (χ1v) is 11.0. The van der Waals surface area contributed by atoms with Gasteiger partial charge in [0, 0.05) is 38.0 Å². The molecule has 172 valence electrons. The molecule has 2 amide bonds. The topological polar surface area (TPSA) is 82.7 Å². The molecule has 2 aliphatic heterocycles. The third-order valence-electron chi connectivity index (χ3n) is 6.61. The molecule has 2 saturated heterocycles. The number of alkyl halides is 3. The number of aromatic nitrogens is 2. The normalized spacial score (nSPS) is 26.6. The van der Waals surface area contributed by atoms with E-state index in [-0.39, 0.29) is 24.4 Å². The summed E-state index contributed by atoms with van der Waals surface area (Å²) in [6.45, 7) is 1.56. The molecule has 3 fully saturated rings. The van der Waals surface area contributed by atoms with Crippen molar-refractivity contribution in [2.45, 2.75) is 55.7 Å². The quantitative estimate of drug-likeness (QED) is 0.771. The Hall–Kier alpha value is -2.62. The number of benzene rings is 1. The fourth-order valence-corrected chi connectivity index (χ4v) is 4.66. The standard InChI is InChI=1S/C22H25F3N4O3/c23-22(24,25)17-5-3-13(4-6-17)15-9-16(20-26-19(27-32-20)14-1-2-14)11-29(10-15)21(31)28-8-7-18(30)12-28/h3-6,14-16,18,30H,1-2,7-12H2. The van der Waals surface area contributed by atoms with E-state index in [0.29, 0.717) is 50.1 Å². The second-order valence-electron chi connectivity index (χ2n) is 9.09. The molecule has 7 nitrogen and oxygen atoms in total. The predicted octanol–water partition coefficient (Wildman–Crippen LogP) is 3.73. The fourth-order valence-electron chi connectivity index (χ4n) is 4.66. The minimum Gasteiger partial charge on any atom is -0.391 e. The molecular formula is C22H25F3N4O3. The molecule has 1 saturated carbocycles. The Morgan fingerprint density at radius 1 is 1.00 bits per heavy atom. The summed E-state index contributed by atoms with van der Waals surface area (Å²) >= 11 is 0. The van der Waals surface area contributed by atoms with Crippen molar-refractivity contribution in [3.63, 3.8) is 0 Å². The van der Waals surface area contributed by atoms with E-state index in [1.165, 1.54) is 12.1 Å². The van der Waals surface area contributed by atoms with Gasteiger partial charge in [-0.1, -0.05) is 17.3 Å². The number of likely N-dealkylation sites (tertiary alicyclic amines) is 2. The number of hydrogen-bond donors (Lipinski definition) is 1. The van der Waals surface area contributed by atoms with E-state index >= 15 is 0 Å². The highest BCUT2D eigenvalue weighted by molar-refractivity contribution is 5.75. The van der Waals surface area contributed by atoms with Crippen LogP contribution >= 0.6 is 0 Å². The maximum Gasteiger partial charge on any atom is 0.416 e. The van der Waals surface area contributed by atoms with Crippen molar-refractivity contribution >= 4 is 6.03 Å². The molecule has 1 aromatic heterocycles. The zero-order valence-corrected chi connectivity index (χ0v) is 17.5. The molecule has 5 rings (SSSR count). The number of urea groups is 1. The maximum absolute atomic E-state index is 13.1. The second-order valence-corrected chi connectivity index (χ2v) is 9.09. The van der Waals surface area contributed by atoms with Crippen molar-refractivity contribution < 1.29 is 27.6 Å². The number of rotatable bonds is 3. The van der Waals surface area contributed by atoms with Gasteiger partial charge in [-0.25, -0.2) is 4.79 Å². The average Bonchev–Trinajstić information content (AvgIpc) is 3.34. The lowest BCUT2D eigenvalue weighted by molar-refractivity contribution is -0.137. The highest BCUT2D eigenvalue weighted by atomic mass is 19.4. The molecule has 1 aliphatic carbocycles. The molecule has 3 heterocycles. The average molecular weight is 450 g/mol. The summed E-state index contributed by atoms with van der Waals surface area (Å²) in [6, 6.07) is 4.97. The Bertz CT molecular complexity index is 974. The number of hydrogen-bond acceptors (Lipinski definition) is 5. The van der Waals surface area contributed by atoms with Crippen molar-refractivity contribution in [1.82, 2.24) is 19.9 Å². The summed E-state index contributed by atoms with van der Waals surface area (Å²) in [5.41, 5.74) is 0.0439. The number of β-amino-alcohol motifs (C(OH)–C–C–N with tert-alkyl or cyclic N) is 1. The summed E-state index contributed by atoms with van der Waals surface area (Å²) in [7, 11) is 0. The second kappa shape index (κ2) is 8.06. The van der Waals surface area contributed by atoms with Crippen molar-refractivity contribution in [3.05, 3.63) is 47.1 Å². The van der Waals surface area contributed by atoms with Crippen LogP contribution in [-0.2, 0) is 6.18 Å². The number of carbonyl (C=O) groups excluding carboxylic acids is 1. The highest BCUT2D eigenvalue weighted by Gasteiger charge is 2.39. The number of halogens is 3. The van der Waals surface area contributed by atoms with Gasteiger partial charge in [0.15, 0.2) is 5.82 Å². The first-order chi connectivity index (χ1) is 15.3. The van der Waals surface area contributed by atoms with E-state index in [2.05, 4.69) is 10.1 Å². The van der Waals surface area contributed by atoms with Gasteiger partial charge in [0.05, 0.1) is 17.6 Å². The molecule has 0 bridgehead atoms. The predicted molar refractivity (Wildman–Crippen MR) is 107 cm³/mol. The third-order valence-corrected chi connectivity index (χ3v) is 6.61. The van der Waals surface area contributed by atoms with Gasteiger partial charge in [-0.2, -0.15) is 18.2 Å². The summed E-state index contributed by atoms with van der Waals surface area (Å²) in [4.78, 5) is 21.0. The number of aliphatic hydroxyl groups excluding tert-OH is 1. The van der Waals surface area contributed by atoms with Gasteiger partial charge < -0.3 is 19.4 Å². The van der Waals surface area contributed by atoms with Crippen LogP contribution in [0.4, 0.5) is 18.0 Å². The van der Waals surface area contributed by atoms with Gasteiger partial charge in [-0.15, -0.1) is 0 Å². The highest BCUT2D eigenvalue weighted by Crippen LogP contribution is 2.41. The Morgan fingerprint density at radius 2 is 1.72 bits per heavy atom. The van der Waals surface area contributed by atoms with Gasteiger partial charge in [0.2, 0.25) is 5.89 Å². The number of aliphatic hydroxyl groups is 1. The van der Waals surface area contributed by atoms with Crippen LogP contribution in [-0.4, -0.2) is 63.4 Å². The summed E-state index contributed by atoms with van der Waals surface area (Å²) in [5.74, 6) is 1.14. The lowest BCUT2D eigenvalue weighted by Gasteiger charge is -2.38. The van der Waals surface area contributed by atoms with Gasteiger partial charge in [-0.05, 0) is 43.4 Å². The summed E-state index contributed by atoms with van der Waals surface area (Å²) < 4.78 is 44.5. The van der Waals surface area contributed by atoms with E-state index in [1.807, 2.05) is 0 Å². The van der Waals surface area contributed by atoms with Crippen molar-refractivity contribution in [2.75, 3.05) is 26.2 Å². The third kappa shape index (κ3) is 4.32. The minimum absolute atomic E-state index is 0.163. The smallest absolute Gasteiger partial charge is 0.391 e. The minimum atomic E-state index is -4.39. The van der Waals surface area contributed by atoms with Crippen molar-refractivity contribution in [1.29, 1.82) is 0 Å². The number of amides is 2. The lowest BCUT2D eigenvalue weighted by Crippen LogP contribution is -2.48. The van der Waals surface area contributed by atoms with Crippen LogP contribution in [0.3, 0.4) is 0 Å². The van der Waals surface area contributed by atoms with Gasteiger partial charge >= 0.3 is 12.2 Å². The number of carbonyl (C=O) groups is 1.